The summed E-state index contributed by atoms with van der Waals surface area (Å²) in [5, 5.41) is 4.08. The number of piperidine rings is 1. The molecule has 2 N–H and O–H groups in total. The second kappa shape index (κ2) is 5.56. The van der Waals surface area contributed by atoms with Gasteiger partial charge < -0.3 is 10.6 Å². The van der Waals surface area contributed by atoms with Crippen LogP contribution in [0.1, 0.15) is 45.2 Å². The van der Waals surface area contributed by atoms with Crippen LogP contribution in [0.4, 0.5) is 0 Å². The lowest BCUT2D eigenvalue weighted by Crippen LogP contribution is -2.45. The van der Waals surface area contributed by atoms with Crippen molar-refractivity contribution in [1.82, 2.24) is 14.7 Å². The number of amides is 1. The fourth-order valence-corrected chi connectivity index (χ4v) is 2.91. The zero-order valence-electron chi connectivity index (χ0n) is 13.0. The van der Waals surface area contributed by atoms with E-state index < -0.39 is 6.04 Å². The van der Waals surface area contributed by atoms with Crippen LogP contribution in [0.2, 0.25) is 0 Å². The molecule has 1 aromatic rings. The van der Waals surface area contributed by atoms with E-state index >= 15 is 0 Å². The van der Waals surface area contributed by atoms with E-state index in [0.717, 1.165) is 31.5 Å². The van der Waals surface area contributed by atoms with Gasteiger partial charge in [-0.1, -0.05) is 20.8 Å². The number of hydrogen-bond donors (Lipinski definition) is 1. The maximum Gasteiger partial charge on any atom is 0.244 e. The van der Waals surface area contributed by atoms with Gasteiger partial charge in [-0.3, -0.25) is 9.48 Å². The molecule has 1 fully saturated rings. The number of carbonyl (C=O) groups is 1. The molecule has 0 saturated carbocycles. The normalized spacial score (nSPS) is 19.1. The standard InChI is InChI=1S/C15H26N4O/c1-15(2,3)12-5-7-19(8-6-12)14(20)13(16)11-9-17-18(4)10-11/h9-10,12-13H,5-8,16H2,1-4H3. The molecule has 0 spiro atoms. The van der Waals surface area contributed by atoms with E-state index in [1.165, 1.54) is 0 Å². The summed E-state index contributed by atoms with van der Waals surface area (Å²) in [6, 6.07) is -0.588. The molecule has 1 amide bonds. The van der Waals surface area contributed by atoms with Crippen molar-refractivity contribution < 1.29 is 4.79 Å². The average molecular weight is 278 g/mol. The van der Waals surface area contributed by atoms with Crippen molar-refractivity contribution >= 4 is 5.91 Å². The van der Waals surface area contributed by atoms with E-state index in [1.54, 1.807) is 10.9 Å². The summed E-state index contributed by atoms with van der Waals surface area (Å²) in [6.07, 6.45) is 5.61. The maximum atomic E-state index is 12.4. The molecule has 1 aliphatic heterocycles. The summed E-state index contributed by atoms with van der Waals surface area (Å²) in [7, 11) is 1.83. The summed E-state index contributed by atoms with van der Waals surface area (Å²) < 4.78 is 1.67. The van der Waals surface area contributed by atoms with E-state index in [4.69, 9.17) is 5.73 Å². The number of nitrogens with zero attached hydrogens (tertiary/aromatic N) is 3. The van der Waals surface area contributed by atoms with Gasteiger partial charge in [0.05, 0.1) is 6.20 Å². The van der Waals surface area contributed by atoms with Gasteiger partial charge in [-0.15, -0.1) is 0 Å². The van der Waals surface area contributed by atoms with Crippen LogP contribution < -0.4 is 5.73 Å². The molecule has 1 aromatic heterocycles. The Morgan fingerprint density at radius 3 is 2.45 bits per heavy atom. The average Bonchev–Trinajstić information content (AvgIpc) is 2.83. The minimum Gasteiger partial charge on any atom is -0.341 e. The monoisotopic (exact) mass is 278 g/mol. The summed E-state index contributed by atoms with van der Waals surface area (Å²) in [5.41, 5.74) is 7.17. The molecule has 5 nitrogen and oxygen atoms in total. The molecule has 112 valence electrons. The Kier molecular flexibility index (Phi) is 4.18. The third kappa shape index (κ3) is 3.20. The van der Waals surface area contributed by atoms with Crippen molar-refractivity contribution in [2.45, 2.75) is 39.7 Å². The molecule has 0 aromatic carbocycles. The van der Waals surface area contributed by atoms with Crippen LogP contribution in [0.5, 0.6) is 0 Å². The first kappa shape index (κ1) is 15.0. The van der Waals surface area contributed by atoms with Crippen molar-refractivity contribution in [3.05, 3.63) is 18.0 Å². The number of aromatic nitrogens is 2. The van der Waals surface area contributed by atoms with Crippen molar-refractivity contribution in [3.8, 4) is 0 Å². The van der Waals surface area contributed by atoms with Gasteiger partial charge in [0.1, 0.15) is 6.04 Å². The summed E-state index contributed by atoms with van der Waals surface area (Å²) in [5.74, 6) is 0.700. The van der Waals surface area contributed by atoms with Crippen LogP contribution in [0, 0.1) is 11.3 Å². The lowest BCUT2D eigenvalue weighted by atomic mass is 9.75. The van der Waals surface area contributed by atoms with Gasteiger partial charge in [-0.2, -0.15) is 5.10 Å². The molecule has 1 saturated heterocycles. The second-order valence-corrected chi connectivity index (χ2v) is 6.89. The third-order valence-electron chi connectivity index (χ3n) is 4.38. The van der Waals surface area contributed by atoms with Gasteiger partial charge in [0.25, 0.3) is 0 Å². The summed E-state index contributed by atoms with van der Waals surface area (Å²) >= 11 is 0. The zero-order chi connectivity index (χ0) is 14.9. The predicted molar refractivity (Wildman–Crippen MR) is 78.9 cm³/mol. The smallest absolute Gasteiger partial charge is 0.244 e. The van der Waals surface area contributed by atoms with Gasteiger partial charge in [0.2, 0.25) is 5.91 Å². The van der Waals surface area contributed by atoms with Gasteiger partial charge in [0, 0.05) is 31.9 Å². The summed E-state index contributed by atoms with van der Waals surface area (Å²) in [6.45, 7) is 8.45. The highest BCUT2D eigenvalue weighted by molar-refractivity contribution is 5.83. The number of rotatable bonds is 2. The lowest BCUT2D eigenvalue weighted by Gasteiger charge is -2.39. The quantitative estimate of drug-likeness (QED) is 0.895. The van der Waals surface area contributed by atoms with E-state index in [1.807, 2.05) is 18.1 Å². The van der Waals surface area contributed by atoms with Crippen LogP contribution in [-0.4, -0.2) is 33.7 Å². The molecule has 5 heteroatoms. The topological polar surface area (TPSA) is 64.2 Å². The van der Waals surface area contributed by atoms with Crippen molar-refractivity contribution in [3.63, 3.8) is 0 Å². The Bertz CT molecular complexity index is 466. The van der Waals surface area contributed by atoms with Crippen LogP contribution in [0.25, 0.3) is 0 Å². The molecular formula is C15H26N4O. The highest BCUT2D eigenvalue weighted by Crippen LogP contribution is 2.34. The molecule has 2 rings (SSSR count). The lowest BCUT2D eigenvalue weighted by molar-refractivity contribution is -0.134. The van der Waals surface area contributed by atoms with Gasteiger partial charge in [-0.25, -0.2) is 0 Å². The minimum absolute atomic E-state index is 0.0189. The molecular weight excluding hydrogens is 252 g/mol. The molecule has 0 aliphatic carbocycles. The first-order valence-corrected chi connectivity index (χ1v) is 7.32. The first-order valence-electron chi connectivity index (χ1n) is 7.32. The number of hydrogen-bond acceptors (Lipinski definition) is 3. The summed E-state index contributed by atoms with van der Waals surface area (Å²) in [4.78, 5) is 14.3. The Balaban J connectivity index is 1.95. The Hall–Kier alpha value is -1.36. The van der Waals surface area contributed by atoms with Gasteiger partial charge in [0.15, 0.2) is 0 Å². The van der Waals surface area contributed by atoms with Crippen molar-refractivity contribution in [2.75, 3.05) is 13.1 Å². The molecule has 1 aliphatic rings. The first-order chi connectivity index (χ1) is 9.29. The Morgan fingerprint density at radius 2 is 2.00 bits per heavy atom. The number of nitrogens with two attached hydrogens (primary N) is 1. The molecule has 20 heavy (non-hydrogen) atoms. The highest BCUT2D eigenvalue weighted by atomic mass is 16.2. The fraction of sp³-hybridized carbons (Fsp3) is 0.733. The fourth-order valence-electron chi connectivity index (χ4n) is 2.91. The number of aryl methyl sites for hydroxylation is 1. The van der Waals surface area contributed by atoms with Crippen molar-refractivity contribution in [2.24, 2.45) is 24.1 Å². The zero-order valence-corrected chi connectivity index (χ0v) is 13.0. The van der Waals surface area contributed by atoms with Crippen LogP contribution >= 0.6 is 0 Å². The molecule has 1 unspecified atom stereocenters. The van der Waals surface area contributed by atoms with E-state index in [9.17, 15) is 4.79 Å². The molecule has 2 heterocycles. The SMILES string of the molecule is Cn1cc(C(N)C(=O)N2CCC(C(C)(C)C)CC2)cn1. The second-order valence-electron chi connectivity index (χ2n) is 6.89. The van der Waals surface area contributed by atoms with E-state index in [2.05, 4.69) is 25.9 Å². The largest absolute Gasteiger partial charge is 0.341 e. The molecule has 1 atom stereocenters. The Morgan fingerprint density at radius 1 is 1.40 bits per heavy atom. The molecule has 0 radical (unpaired) electrons. The van der Waals surface area contributed by atoms with Crippen LogP contribution in [0.15, 0.2) is 12.4 Å². The van der Waals surface area contributed by atoms with Gasteiger partial charge >= 0.3 is 0 Å². The Labute approximate surface area is 121 Å². The number of likely N-dealkylation sites (tertiary alicyclic amines) is 1. The van der Waals surface area contributed by atoms with E-state index in [0.29, 0.717) is 11.3 Å². The van der Waals surface area contributed by atoms with Crippen LogP contribution in [0.3, 0.4) is 0 Å². The minimum atomic E-state index is -0.588. The molecule has 0 bridgehead atoms. The third-order valence-corrected chi connectivity index (χ3v) is 4.38. The van der Waals surface area contributed by atoms with Crippen LogP contribution in [-0.2, 0) is 11.8 Å². The highest BCUT2D eigenvalue weighted by Gasteiger charge is 2.32. The maximum absolute atomic E-state index is 12.4. The van der Waals surface area contributed by atoms with E-state index in [-0.39, 0.29) is 5.91 Å². The predicted octanol–water partition coefficient (Wildman–Crippen LogP) is 1.70. The van der Waals surface area contributed by atoms with Gasteiger partial charge in [-0.05, 0) is 24.2 Å². The van der Waals surface area contributed by atoms with Crippen molar-refractivity contribution in [1.29, 1.82) is 0 Å². The number of carbonyl (C=O) groups excluding carboxylic acids is 1.